The van der Waals surface area contributed by atoms with Crippen molar-refractivity contribution in [2.24, 2.45) is 0 Å². The van der Waals surface area contributed by atoms with Crippen LogP contribution in [0, 0.1) is 0 Å². The summed E-state index contributed by atoms with van der Waals surface area (Å²) in [5.74, 6) is 0. The van der Waals surface area contributed by atoms with Crippen LogP contribution >= 0.6 is 0 Å². The van der Waals surface area contributed by atoms with E-state index in [0.717, 1.165) is 31.6 Å². The summed E-state index contributed by atoms with van der Waals surface area (Å²) >= 11 is 0. The SMILES string of the molecule is CN(C)CC1CC(O)CN1Cc1ccnc2ccccc12. The van der Waals surface area contributed by atoms with E-state index in [1.807, 2.05) is 12.3 Å². The van der Waals surface area contributed by atoms with Crippen LogP contribution in [0.2, 0.25) is 0 Å². The normalized spacial score (nSPS) is 23.2. The standard InChI is InChI=1S/C17H23N3O/c1-19(2)11-14-9-15(21)12-20(14)10-13-7-8-18-17-6-4-3-5-16(13)17/h3-8,14-15,21H,9-12H2,1-2H3. The highest BCUT2D eigenvalue weighted by molar-refractivity contribution is 5.81. The van der Waals surface area contributed by atoms with Gasteiger partial charge in [0, 0.05) is 37.3 Å². The van der Waals surface area contributed by atoms with Crippen molar-refractivity contribution in [1.29, 1.82) is 0 Å². The number of β-amino-alcohol motifs (C(OH)–C–C–N with tert-alkyl or cyclic N) is 1. The third kappa shape index (κ3) is 3.23. The maximum absolute atomic E-state index is 10.0. The molecule has 4 heteroatoms. The van der Waals surface area contributed by atoms with Crippen molar-refractivity contribution in [3.8, 4) is 0 Å². The summed E-state index contributed by atoms with van der Waals surface area (Å²) in [6, 6.07) is 10.8. The first-order valence-electron chi connectivity index (χ1n) is 7.53. The van der Waals surface area contributed by atoms with Crippen LogP contribution in [0.15, 0.2) is 36.5 Å². The van der Waals surface area contributed by atoms with Gasteiger partial charge in [0.25, 0.3) is 0 Å². The van der Waals surface area contributed by atoms with Crippen LogP contribution in [0.4, 0.5) is 0 Å². The van der Waals surface area contributed by atoms with Gasteiger partial charge in [-0.15, -0.1) is 0 Å². The fourth-order valence-corrected chi connectivity index (χ4v) is 3.27. The number of fused-ring (bicyclic) bond motifs is 1. The van der Waals surface area contributed by atoms with Crippen molar-refractivity contribution in [2.75, 3.05) is 27.2 Å². The second-order valence-electron chi connectivity index (χ2n) is 6.22. The topological polar surface area (TPSA) is 39.6 Å². The number of rotatable bonds is 4. The number of aliphatic hydroxyl groups is 1. The molecule has 0 saturated carbocycles. The van der Waals surface area contributed by atoms with Gasteiger partial charge in [0.05, 0.1) is 11.6 Å². The molecule has 2 unspecified atom stereocenters. The molecule has 4 nitrogen and oxygen atoms in total. The molecule has 1 aromatic heterocycles. The number of pyridine rings is 1. The summed E-state index contributed by atoms with van der Waals surface area (Å²) in [6.45, 7) is 2.62. The fraction of sp³-hybridized carbons (Fsp3) is 0.471. The Labute approximate surface area is 126 Å². The van der Waals surface area contributed by atoms with E-state index < -0.39 is 0 Å². The summed E-state index contributed by atoms with van der Waals surface area (Å²) in [6.07, 6.45) is 2.54. The second-order valence-corrected chi connectivity index (χ2v) is 6.22. The zero-order chi connectivity index (χ0) is 14.8. The third-order valence-corrected chi connectivity index (χ3v) is 4.19. The Hall–Kier alpha value is -1.49. The summed E-state index contributed by atoms with van der Waals surface area (Å²) in [7, 11) is 4.18. The van der Waals surface area contributed by atoms with Gasteiger partial charge in [-0.2, -0.15) is 0 Å². The molecular formula is C17H23N3O. The summed E-state index contributed by atoms with van der Waals surface area (Å²) in [5, 5.41) is 11.2. The molecule has 1 N–H and O–H groups in total. The minimum atomic E-state index is -0.206. The van der Waals surface area contributed by atoms with Crippen LogP contribution in [0.25, 0.3) is 10.9 Å². The first kappa shape index (κ1) is 14.4. The zero-order valence-electron chi connectivity index (χ0n) is 12.7. The highest BCUT2D eigenvalue weighted by Crippen LogP contribution is 2.24. The maximum atomic E-state index is 10.0. The largest absolute Gasteiger partial charge is 0.392 e. The predicted octanol–water partition coefficient (Wildman–Crippen LogP) is 1.73. The minimum absolute atomic E-state index is 0.206. The molecule has 1 aliphatic rings. The maximum Gasteiger partial charge on any atom is 0.0705 e. The van der Waals surface area contributed by atoms with E-state index in [9.17, 15) is 5.11 Å². The van der Waals surface area contributed by atoms with Crippen LogP contribution in [-0.4, -0.2) is 59.2 Å². The molecule has 112 valence electrons. The number of benzene rings is 1. The van der Waals surface area contributed by atoms with Gasteiger partial charge in [-0.25, -0.2) is 0 Å². The van der Waals surface area contributed by atoms with Crippen molar-refractivity contribution in [3.05, 3.63) is 42.1 Å². The van der Waals surface area contributed by atoms with Gasteiger partial charge < -0.3 is 10.0 Å². The Morgan fingerprint density at radius 1 is 1.29 bits per heavy atom. The molecule has 0 spiro atoms. The molecule has 0 radical (unpaired) electrons. The van der Waals surface area contributed by atoms with Crippen molar-refractivity contribution in [2.45, 2.75) is 25.1 Å². The van der Waals surface area contributed by atoms with E-state index in [2.05, 4.69) is 53.1 Å². The molecule has 1 aromatic carbocycles. The molecule has 21 heavy (non-hydrogen) atoms. The number of hydrogen-bond donors (Lipinski definition) is 1. The van der Waals surface area contributed by atoms with Gasteiger partial charge in [0.15, 0.2) is 0 Å². The minimum Gasteiger partial charge on any atom is -0.392 e. The van der Waals surface area contributed by atoms with E-state index in [1.165, 1.54) is 10.9 Å². The van der Waals surface area contributed by atoms with E-state index in [4.69, 9.17) is 0 Å². The average Bonchev–Trinajstić information content (AvgIpc) is 2.78. The van der Waals surface area contributed by atoms with Gasteiger partial charge in [-0.05, 0) is 38.2 Å². The molecule has 2 heterocycles. The third-order valence-electron chi connectivity index (χ3n) is 4.19. The van der Waals surface area contributed by atoms with Gasteiger partial charge in [-0.1, -0.05) is 18.2 Å². The number of nitrogens with zero attached hydrogens (tertiary/aromatic N) is 3. The molecule has 1 fully saturated rings. The van der Waals surface area contributed by atoms with Gasteiger partial charge in [0.1, 0.15) is 0 Å². The van der Waals surface area contributed by atoms with Gasteiger partial charge >= 0.3 is 0 Å². The van der Waals surface area contributed by atoms with Crippen molar-refractivity contribution < 1.29 is 5.11 Å². The zero-order valence-corrected chi connectivity index (χ0v) is 12.7. The lowest BCUT2D eigenvalue weighted by Crippen LogP contribution is -2.37. The Bertz CT molecular complexity index is 609. The molecule has 3 rings (SSSR count). The van der Waals surface area contributed by atoms with E-state index in [-0.39, 0.29) is 6.10 Å². The first-order valence-corrected chi connectivity index (χ1v) is 7.53. The highest BCUT2D eigenvalue weighted by atomic mass is 16.3. The van der Waals surface area contributed by atoms with Crippen LogP contribution in [0.1, 0.15) is 12.0 Å². The molecule has 0 amide bonds. The Balaban J connectivity index is 1.83. The lowest BCUT2D eigenvalue weighted by molar-refractivity contribution is 0.169. The molecule has 1 saturated heterocycles. The lowest BCUT2D eigenvalue weighted by atomic mass is 10.1. The first-order chi connectivity index (χ1) is 10.1. The second kappa shape index (κ2) is 6.10. The van der Waals surface area contributed by atoms with Gasteiger partial charge in [-0.3, -0.25) is 9.88 Å². The van der Waals surface area contributed by atoms with E-state index in [0.29, 0.717) is 6.04 Å². The highest BCUT2D eigenvalue weighted by Gasteiger charge is 2.31. The number of aromatic nitrogens is 1. The smallest absolute Gasteiger partial charge is 0.0705 e. The molecule has 1 aliphatic heterocycles. The van der Waals surface area contributed by atoms with Crippen LogP contribution in [0.3, 0.4) is 0 Å². The molecule has 2 aromatic rings. The summed E-state index contributed by atoms with van der Waals surface area (Å²) in [5.41, 5.74) is 2.33. The molecule has 0 bridgehead atoms. The van der Waals surface area contributed by atoms with Crippen LogP contribution in [0.5, 0.6) is 0 Å². The summed E-state index contributed by atoms with van der Waals surface area (Å²) in [4.78, 5) is 9.01. The number of aliphatic hydroxyl groups excluding tert-OH is 1. The average molecular weight is 285 g/mol. The summed E-state index contributed by atoms with van der Waals surface area (Å²) < 4.78 is 0. The number of hydrogen-bond acceptors (Lipinski definition) is 4. The van der Waals surface area contributed by atoms with E-state index >= 15 is 0 Å². The Morgan fingerprint density at radius 3 is 2.90 bits per heavy atom. The molecule has 0 aliphatic carbocycles. The lowest BCUT2D eigenvalue weighted by Gasteiger charge is -2.27. The fourth-order valence-electron chi connectivity index (χ4n) is 3.27. The van der Waals surface area contributed by atoms with Crippen molar-refractivity contribution in [3.63, 3.8) is 0 Å². The number of likely N-dealkylation sites (N-methyl/N-ethyl adjacent to an activating group) is 1. The molecule has 2 atom stereocenters. The monoisotopic (exact) mass is 285 g/mol. The Morgan fingerprint density at radius 2 is 2.10 bits per heavy atom. The number of likely N-dealkylation sites (tertiary alicyclic amines) is 1. The van der Waals surface area contributed by atoms with Crippen LogP contribution < -0.4 is 0 Å². The van der Waals surface area contributed by atoms with Gasteiger partial charge in [0.2, 0.25) is 0 Å². The quantitative estimate of drug-likeness (QED) is 0.929. The predicted molar refractivity (Wildman–Crippen MR) is 85.1 cm³/mol. The number of para-hydroxylation sites is 1. The Kier molecular flexibility index (Phi) is 4.19. The van der Waals surface area contributed by atoms with E-state index in [1.54, 1.807) is 0 Å². The van der Waals surface area contributed by atoms with Crippen molar-refractivity contribution >= 4 is 10.9 Å². The van der Waals surface area contributed by atoms with Crippen LogP contribution in [-0.2, 0) is 6.54 Å². The molecular weight excluding hydrogens is 262 g/mol. The van der Waals surface area contributed by atoms with Crippen molar-refractivity contribution in [1.82, 2.24) is 14.8 Å².